The number of benzene rings is 2. The van der Waals surface area contributed by atoms with Gasteiger partial charge in [-0.15, -0.1) is 0 Å². The Balaban J connectivity index is 1.51. The van der Waals surface area contributed by atoms with Gasteiger partial charge < -0.3 is 15.0 Å². The van der Waals surface area contributed by atoms with Crippen LogP contribution in [0.5, 0.6) is 5.75 Å². The molecule has 0 saturated heterocycles. The number of aromatic nitrogens is 2. The van der Waals surface area contributed by atoms with E-state index in [4.69, 9.17) is 4.74 Å². The Morgan fingerprint density at radius 3 is 2.47 bits per heavy atom. The molecule has 32 heavy (non-hydrogen) atoms. The van der Waals surface area contributed by atoms with Gasteiger partial charge in [-0.2, -0.15) is 5.10 Å². The highest BCUT2D eigenvalue weighted by molar-refractivity contribution is 5.99. The molecular weight excluding hydrogens is 411 g/mol. The second kappa shape index (κ2) is 9.21. The fraction of sp³-hybridized carbons (Fsp3) is 0.292. The maximum atomic E-state index is 13.4. The van der Waals surface area contributed by atoms with E-state index in [0.29, 0.717) is 22.8 Å². The molecule has 0 fully saturated rings. The Hall–Kier alpha value is -3.68. The van der Waals surface area contributed by atoms with Gasteiger partial charge >= 0.3 is 0 Å². The molecule has 8 heteroatoms. The fourth-order valence-corrected chi connectivity index (χ4v) is 3.91. The minimum Gasteiger partial charge on any atom is -0.497 e. The average Bonchev–Trinajstić information content (AvgIpc) is 3.19. The number of nitrogens with one attached hydrogen (secondary N) is 1. The van der Waals surface area contributed by atoms with Crippen molar-refractivity contribution in [2.24, 2.45) is 0 Å². The molecule has 0 unspecified atom stereocenters. The number of carbonyl (C=O) groups excluding carboxylic acids is 2. The molecule has 1 heterocycles. The number of nitrogens with zero attached hydrogens (tertiary/aromatic N) is 3. The summed E-state index contributed by atoms with van der Waals surface area (Å²) < 4.78 is 20.2. The Morgan fingerprint density at radius 2 is 1.78 bits per heavy atom. The summed E-state index contributed by atoms with van der Waals surface area (Å²) in [5.41, 5.74) is 3.57. The third-order valence-corrected chi connectivity index (χ3v) is 5.56. The van der Waals surface area contributed by atoms with Gasteiger partial charge in [0, 0.05) is 24.0 Å². The van der Waals surface area contributed by atoms with Crippen LogP contribution in [0, 0.1) is 5.82 Å². The molecule has 0 saturated carbocycles. The lowest BCUT2D eigenvalue weighted by atomic mass is 9.95. The highest BCUT2D eigenvalue weighted by atomic mass is 19.1. The summed E-state index contributed by atoms with van der Waals surface area (Å²) >= 11 is 0. The van der Waals surface area contributed by atoms with E-state index in [9.17, 15) is 14.0 Å². The van der Waals surface area contributed by atoms with Crippen LogP contribution < -0.4 is 10.1 Å². The maximum Gasteiger partial charge on any atom is 0.274 e. The van der Waals surface area contributed by atoms with Crippen molar-refractivity contribution in [3.63, 3.8) is 0 Å². The van der Waals surface area contributed by atoms with Crippen LogP contribution in [0.3, 0.4) is 0 Å². The number of hydrogen-bond donors (Lipinski definition) is 1. The van der Waals surface area contributed by atoms with Gasteiger partial charge in [-0.05, 0) is 74.2 Å². The van der Waals surface area contributed by atoms with E-state index in [-0.39, 0.29) is 24.2 Å². The van der Waals surface area contributed by atoms with Crippen molar-refractivity contribution < 1.29 is 18.7 Å². The van der Waals surface area contributed by atoms with Crippen LogP contribution >= 0.6 is 0 Å². The minimum atomic E-state index is -0.325. The number of halogens is 1. The zero-order valence-electron chi connectivity index (χ0n) is 18.1. The normalized spacial score (nSPS) is 12.7. The average molecular weight is 436 g/mol. The van der Waals surface area contributed by atoms with E-state index in [1.165, 1.54) is 17.0 Å². The molecule has 2 aromatic carbocycles. The standard InChI is InChI=1S/C24H25FN4O3/c1-28(15-22(30)26-17-9-13-19(32-2)14-10-17)24(31)23-20-5-3-4-6-21(20)29(27-23)18-11-7-16(25)8-12-18/h7-14H,3-6,15H2,1-2H3,(H,26,30). The lowest BCUT2D eigenvalue weighted by molar-refractivity contribution is -0.116. The molecule has 0 bridgehead atoms. The van der Waals surface area contributed by atoms with E-state index in [2.05, 4.69) is 10.4 Å². The number of likely N-dealkylation sites (N-methyl/N-ethyl adjacent to an activating group) is 1. The number of amides is 2. The van der Waals surface area contributed by atoms with Crippen molar-refractivity contribution >= 4 is 17.5 Å². The molecule has 1 aromatic heterocycles. The smallest absolute Gasteiger partial charge is 0.274 e. The van der Waals surface area contributed by atoms with Gasteiger partial charge in [-0.3, -0.25) is 9.59 Å². The first-order valence-electron chi connectivity index (χ1n) is 10.5. The van der Waals surface area contributed by atoms with Crippen LogP contribution in [0.25, 0.3) is 5.69 Å². The summed E-state index contributed by atoms with van der Waals surface area (Å²) in [6, 6.07) is 13.0. The molecule has 0 atom stereocenters. The lowest BCUT2D eigenvalue weighted by Crippen LogP contribution is -2.35. The number of ether oxygens (including phenoxy) is 1. The number of fused-ring (bicyclic) bond motifs is 1. The number of rotatable bonds is 6. The highest BCUT2D eigenvalue weighted by Crippen LogP contribution is 2.28. The number of hydrogen-bond acceptors (Lipinski definition) is 4. The quantitative estimate of drug-likeness (QED) is 0.641. The zero-order valence-corrected chi connectivity index (χ0v) is 18.1. The minimum absolute atomic E-state index is 0.108. The van der Waals surface area contributed by atoms with E-state index in [1.54, 1.807) is 55.2 Å². The van der Waals surface area contributed by atoms with Crippen LogP contribution in [0.15, 0.2) is 48.5 Å². The number of methoxy groups -OCH3 is 1. The first kappa shape index (κ1) is 21.5. The SMILES string of the molecule is COc1ccc(NC(=O)CN(C)C(=O)c2nn(-c3ccc(F)cc3)c3c2CCCC3)cc1. The maximum absolute atomic E-state index is 13.4. The fourth-order valence-electron chi connectivity index (χ4n) is 3.91. The van der Waals surface area contributed by atoms with E-state index < -0.39 is 0 Å². The van der Waals surface area contributed by atoms with Crippen LogP contribution in [-0.2, 0) is 17.6 Å². The van der Waals surface area contributed by atoms with Gasteiger partial charge in [-0.25, -0.2) is 9.07 Å². The number of carbonyl (C=O) groups is 2. The van der Waals surface area contributed by atoms with Gasteiger partial charge in [0.2, 0.25) is 5.91 Å². The zero-order chi connectivity index (χ0) is 22.7. The molecule has 2 amide bonds. The summed E-state index contributed by atoms with van der Waals surface area (Å²) in [5.74, 6) is -0.253. The van der Waals surface area contributed by atoms with E-state index >= 15 is 0 Å². The Bertz CT molecular complexity index is 1120. The Morgan fingerprint density at radius 1 is 1.09 bits per heavy atom. The first-order valence-corrected chi connectivity index (χ1v) is 10.5. The van der Waals surface area contributed by atoms with Crippen LogP contribution in [0.4, 0.5) is 10.1 Å². The predicted molar refractivity (Wildman–Crippen MR) is 119 cm³/mol. The third-order valence-electron chi connectivity index (χ3n) is 5.56. The molecule has 1 aliphatic rings. The second-order valence-corrected chi connectivity index (χ2v) is 7.81. The van der Waals surface area contributed by atoms with E-state index in [1.807, 2.05) is 0 Å². The van der Waals surface area contributed by atoms with Gasteiger partial charge in [0.15, 0.2) is 5.69 Å². The molecule has 0 aliphatic heterocycles. The molecule has 1 N–H and O–H groups in total. The topological polar surface area (TPSA) is 76.5 Å². The van der Waals surface area contributed by atoms with Gasteiger partial charge in [0.25, 0.3) is 5.91 Å². The molecular formula is C24H25FN4O3. The Kier molecular flexibility index (Phi) is 6.20. The highest BCUT2D eigenvalue weighted by Gasteiger charge is 2.28. The molecule has 4 rings (SSSR count). The van der Waals surface area contributed by atoms with Crippen molar-refractivity contribution in [1.82, 2.24) is 14.7 Å². The first-order chi connectivity index (χ1) is 15.5. The summed E-state index contributed by atoms with van der Waals surface area (Å²) in [7, 11) is 3.16. The Labute approximate surface area is 185 Å². The second-order valence-electron chi connectivity index (χ2n) is 7.81. The van der Waals surface area contributed by atoms with Crippen molar-refractivity contribution in [3.05, 3.63) is 71.3 Å². The third kappa shape index (κ3) is 4.49. The summed E-state index contributed by atoms with van der Waals surface area (Å²) in [5, 5.41) is 7.36. The van der Waals surface area contributed by atoms with Crippen molar-refractivity contribution in [2.45, 2.75) is 25.7 Å². The summed E-state index contributed by atoms with van der Waals surface area (Å²) in [6.45, 7) is -0.108. The number of anilines is 1. The molecule has 3 aromatic rings. The van der Waals surface area contributed by atoms with Crippen molar-refractivity contribution in [1.29, 1.82) is 0 Å². The molecule has 1 aliphatic carbocycles. The lowest BCUT2D eigenvalue weighted by Gasteiger charge is -2.17. The molecule has 7 nitrogen and oxygen atoms in total. The molecule has 0 spiro atoms. The van der Waals surface area contributed by atoms with Crippen LogP contribution in [0.2, 0.25) is 0 Å². The van der Waals surface area contributed by atoms with Gasteiger partial charge in [-0.1, -0.05) is 0 Å². The largest absolute Gasteiger partial charge is 0.497 e. The van der Waals surface area contributed by atoms with E-state index in [0.717, 1.165) is 36.9 Å². The molecule has 0 radical (unpaired) electrons. The van der Waals surface area contributed by atoms with Crippen molar-refractivity contribution in [3.8, 4) is 11.4 Å². The van der Waals surface area contributed by atoms with Crippen molar-refractivity contribution in [2.75, 3.05) is 26.0 Å². The monoisotopic (exact) mass is 436 g/mol. The summed E-state index contributed by atoms with van der Waals surface area (Å²) in [6.07, 6.45) is 3.54. The van der Waals surface area contributed by atoms with Gasteiger partial charge in [0.1, 0.15) is 11.6 Å². The predicted octanol–water partition coefficient (Wildman–Crippen LogP) is 3.61. The van der Waals surface area contributed by atoms with Crippen LogP contribution in [-0.4, -0.2) is 47.2 Å². The van der Waals surface area contributed by atoms with Crippen LogP contribution in [0.1, 0.15) is 34.6 Å². The summed E-state index contributed by atoms with van der Waals surface area (Å²) in [4.78, 5) is 27.0. The van der Waals surface area contributed by atoms with Gasteiger partial charge in [0.05, 0.1) is 19.3 Å². The molecule has 166 valence electrons.